The molecule has 1 unspecified atom stereocenters. The van der Waals surface area contributed by atoms with E-state index in [0.717, 1.165) is 10.7 Å². The Balaban J connectivity index is 1.78. The highest BCUT2D eigenvalue weighted by Gasteiger charge is 2.19. The van der Waals surface area contributed by atoms with E-state index >= 15 is 0 Å². The van der Waals surface area contributed by atoms with Crippen LogP contribution in [0.25, 0.3) is 0 Å². The highest BCUT2D eigenvalue weighted by Crippen LogP contribution is 2.27. The molecule has 0 spiro atoms. The van der Waals surface area contributed by atoms with Gasteiger partial charge < -0.3 is 4.74 Å². The molecule has 0 aliphatic carbocycles. The molecule has 0 N–H and O–H groups in total. The lowest BCUT2D eigenvalue weighted by Gasteiger charge is -2.15. The number of benzene rings is 2. The Morgan fingerprint density at radius 3 is 2.71 bits per heavy atom. The van der Waals surface area contributed by atoms with Crippen molar-refractivity contribution in [3.63, 3.8) is 0 Å². The number of aromatic nitrogens is 3. The van der Waals surface area contributed by atoms with Crippen molar-refractivity contribution < 1.29 is 9.13 Å². The van der Waals surface area contributed by atoms with Crippen molar-refractivity contribution in [3.05, 3.63) is 84.0 Å². The Labute approximate surface area is 167 Å². The first-order valence-corrected chi connectivity index (χ1v) is 9.68. The Hall–Kier alpha value is -3.11. The van der Waals surface area contributed by atoms with Crippen molar-refractivity contribution in [3.8, 4) is 11.8 Å². The molecule has 1 heterocycles. The van der Waals surface area contributed by atoms with Gasteiger partial charge >= 0.3 is 0 Å². The van der Waals surface area contributed by atoms with E-state index in [1.54, 1.807) is 24.3 Å². The van der Waals surface area contributed by atoms with Gasteiger partial charge in [-0.1, -0.05) is 36.0 Å². The topological polar surface area (TPSA) is 63.7 Å². The van der Waals surface area contributed by atoms with Crippen molar-refractivity contribution >= 4 is 11.8 Å². The number of rotatable bonds is 8. The molecule has 28 heavy (non-hydrogen) atoms. The molecule has 1 aromatic heterocycles. The summed E-state index contributed by atoms with van der Waals surface area (Å²) in [5, 5.41) is 18.5. The zero-order valence-electron chi connectivity index (χ0n) is 15.4. The average Bonchev–Trinajstić information content (AvgIpc) is 3.11. The summed E-state index contributed by atoms with van der Waals surface area (Å²) in [6.07, 6.45) is 1.39. The first-order chi connectivity index (χ1) is 13.6. The van der Waals surface area contributed by atoms with E-state index in [2.05, 4.69) is 22.8 Å². The molecule has 0 saturated carbocycles. The highest BCUT2D eigenvalue weighted by atomic mass is 32.2. The molecule has 0 amide bonds. The summed E-state index contributed by atoms with van der Waals surface area (Å²) < 4.78 is 20.9. The molecule has 0 saturated heterocycles. The van der Waals surface area contributed by atoms with Crippen LogP contribution in [0.1, 0.15) is 30.0 Å². The fourth-order valence-corrected chi connectivity index (χ4v) is 3.63. The lowest BCUT2D eigenvalue weighted by Crippen LogP contribution is -2.12. The molecule has 0 radical (unpaired) electrons. The fourth-order valence-electron chi connectivity index (χ4n) is 2.68. The Morgan fingerprint density at radius 2 is 2.00 bits per heavy atom. The normalized spacial score (nSPS) is 11.6. The van der Waals surface area contributed by atoms with Crippen molar-refractivity contribution in [2.24, 2.45) is 0 Å². The maximum absolute atomic E-state index is 13.1. The molecule has 142 valence electrons. The monoisotopic (exact) mass is 394 g/mol. The van der Waals surface area contributed by atoms with Crippen molar-refractivity contribution in [1.29, 1.82) is 5.26 Å². The van der Waals surface area contributed by atoms with Gasteiger partial charge in [0.25, 0.3) is 0 Å². The minimum absolute atomic E-state index is 0.314. The van der Waals surface area contributed by atoms with Gasteiger partial charge in [-0.05, 0) is 42.8 Å². The van der Waals surface area contributed by atoms with Gasteiger partial charge in [0.15, 0.2) is 17.1 Å². The molecule has 0 fully saturated rings. The van der Waals surface area contributed by atoms with Crippen LogP contribution in [0, 0.1) is 17.1 Å². The molecule has 1 atom stereocenters. The number of ether oxygens (including phenoxy) is 1. The van der Waals surface area contributed by atoms with Gasteiger partial charge in [-0.25, -0.2) is 4.39 Å². The molecule has 3 aromatic rings. The number of allylic oxidation sites excluding steroid dienone is 1. The van der Waals surface area contributed by atoms with Gasteiger partial charge in [-0.15, -0.1) is 16.8 Å². The van der Waals surface area contributed by atoms with Crippen LogP contribution in [-0.2, 0) is 12.3 Å². The third-order valence-electron chi connectivity index (χ3n) is 4.04. The Bertz CT molecular complexity index is 994. The maximum Gasteiger partial charge on any atom is 0.191 e. The molecule has 2 aromatic carbocycles. The van der Waals surface area contributed by atoms with Crippen LogP contribution in [0.2, 0.25) is 0 Å². The minimum Gasteiger partial charge on any atom is -0.483 e. The van der Waals surface area contributed by atoms with Crippen LogP contribution in [0.3, 0.4) is 0 Å². The molecule has 0 aliphatic rings. The maximum atomic E-state index is 13.1. The molecular weight excluding hydrogens is 375 g/mol. The van der Waals surface area contributed by atoms with Crippen molar-refractivity contribution in [1.82, 2.24) is 14.8 Å². The summed E-state index contributed by atoms with van der Waals surface area (Å²) >= 11 is 1.50. The zero-order valence-corrected chi connectivity index (χ0v) is 16.2. The van der Waals surface area contributed by atoms with Crippen LogP contribution < -0.4 is 4.74 Å². The first-order valence-electron chi connectivity index (χ1n) is 8.69. The van der Waals surface area contributed by atoms with Crippen LogP contribution in [-0.4, -0.2) is 14.8 Å². The number of nitriles is 1. The van der Waals surface area contributed by atoms with Crippen LogP contribution in [0.4, 0.5) is 4.39 Å². The smallest absolute Gasteiger partial charge is 0.191 e. The van der Waals surface area contributed by atoms with Gasteiger partial charge in [0, 0.05) is 12.3 Å². The molecule has 3 rings (SSSR count). The van der Waals surface area contributed by atoms with E-state index in [-0.39, 0.29) is 11.9 Å². The number of hydrogen-bond donors (Lipinski definition) is 0. The minimum atomic E-state index is -0.376. The second-order valence-corrected chi connectivity index (χ2v) is 6.95. The van der Waals surface area contributed by atoms with E-state index < -0.39 is 0 Å². The number of thioether (sulfide) groups is 1. The molecule has 7 heteroatoms. The highest BCUT2D eigenvalue weighted by molar-refractivity contribution is 7.98. The van der Waals surface area contributed by atoms with Crippen molar-refractivity contribution in [2.45, 2.75) is 30.5 Å². The SMILES string of the molecule is C=CCn1c(SCc2ccccc2C#N)nnc1C(C)Oc1ccc(F)cc1. The molecule has 0 aliphatic heterocycles. The average molecular weight is 394 g/mol. The van der Waals surface area contributed by atoms with Crippen LogP contribution in [0.5, 0.6) is 5.75 Å². The van der Waals surface area contributed by atoms with Gasteiger partial charge in [0.05, 0.1) is 11.6 Å². The second-order valence-electron chi connectivity index (χ2n) is 6.01. The lowest BCUT2D eigenvalue weighted by molar-refractivity contribution is 0.210. The number of halogens is 1. The number of hydrogen-bond acceptors (Lipinski definition) is 5. The standard InChI is InChI=1S/C21H19FN4OS/c1-3-12-26-20(15(2)27-19-10-8-18(22)9-11-19)24-25-21(26)28-14-17-7-5-4-6-16(17)13-23/h3-11,15H,1,12,14H2,2H3. The van der Waals surface area contributed by atoms with Crippen LogP contribution >= 0.6 is 11.8 Å². The predicted molar refractivity (Wildman–Crippen MR) is 106 cm³/mol. The van der Waals surface area contributed by atoms with Gasteiger partial charge in [0.1, 0.15) is 11.6 Å². The lowest BCUT2D eigenvalue weighted by atomic mass is 10.1. The summed E-state index contributed by atoms with van der Waals surface area (Å²) in [5.74, 6) is 1.50. The van der Waals surface area contributed by atoms with Gasteiger partial charge in [-0.2, -0.15) is 5.26 Å². The van der Waals surface area contributed by atoms with E-state index in [4.69, 9.17) is 4.74 Å². The second kappa shape index (κ2) is 9.20. The summed E-state index contributed by atoms with van der Waals surface area (Å²) in [4.78, 5) is 0. The summed E-state index contributed by atoms with van der Waals surface area (Å²) in [5.41, 5.74) is 1.60. The van der Waals surface area contributed by atoms with E-state index in [9.17, 15) is 9.65 Å². The first kappa shape index (κ1) is 19.6. The molecule has 0 bridgehead atoms. The summed E-state index contributed by atoms with van der Waals surface area (Å²) in [7, 11) is 0. The molecule has 5 nitrogen and oxygen atoms in total. The van der Waals surface area contributed by atoms with E-state index in [1.165, 1.54) is 23.9 Å². The van der Waals surface area contributed by atoms with Gasteiger partial charge in [-0.3, -0.25) is 4.57 Å². The Morgan fingerprint density at radius 1 is 1.25 bits per heavy atom. The molecular formula is C21H19FN4OS. The van der Waals surface area contributed by atoms with E-state index in [0.29, 0.717) is 29.4 Å². The van der Waals surface area contributed by atoms with Crippen LogP contribution in [0.15, 0.2) is 66.3 Å². The third-order valence-corrected chi connectivity index (χ3v) is 5.06. The summed E-state index contributed by atoms with van der Waals surface area (Å²) in [6.45, 7) is 6.20. The van der Waals surface area contributed by atoms with E-state index in [1.807, 2.05) is 29.7 Å². The zero-order chi connectivity index (χ0) is 19.9. The third kappa shape index (κ3) is 4.59. The Kier molecular flexibility index (Phi) is 6.45. The number of nitrogens with zero attached hydrogens (tertiary/aromatic N) is 4. The summed E-state index contributed by atoms with van der Waals surface area (Å²) in [6, 6.07) is 15.6. The largest absolute Gasteiger partial charge is 0.483 e. The van der Waals surface area contributed by atoms with Gasteiger partial charge in [0.2, 0.25) is 0 Å². The predicted octanol–water partition coefficient (Wildman–Crippen LogP) is 4.91. The quantitative estimate of drug-likeness (QED) is 0.401. The van der Waals surface area contributed by atoms with Crippen molar-refractivity contribution in [2.75, 3.05) is 0 Å². The fraction of sp³-hybridized carbons (Fsp3) is 0.190.